The van der Waals surface area contributed by atoms with Gasteiger partial charge in [-0.3, -0.25) is 4.79 Å². The summed E-state index contributed by atoms with van der Waals surface area (Å²) in [6.45, 7) is 0.608. The summed E-state index contributed by atoms with van der Waals surface area (Å²) in [5.74, 6) is -0.650. The Hall–Kier alpha value is -1.62. The van der Waals surface area contributed by atoms with Crippen LogP contribution in [0.4, 0.5) is 15.8 Å². The molecule has 1 atom stereocenters. The second-order valence-corrected chi connectivity index (χ2v) is 3.72. The van der Waals surface area contributed by atoms with E-state index in [9.17, 15) is 9.18 Å². The summed E-state index contributed by atoms with van der Waals surface area (Å²) in [4.78, 5) is 11.7. The predicted molar refractivity (Wildman–Crippen MR) is 58.4 cm³/mol. The van der Waals surface area contributed by atoms with E-state index in [1.807, 2.05) is 0 Å². The first-order valence-corrected chi connectivity index (χ1v) is 5.14. The van der Waals surface area contributed by atoms with E-state index < -0.39 is 11.9 Å². The third-order valence-corrected chi connectivity index (χ3v) is 2.49. The van der Waals surface area contributed by atoms with Crippen molar-refractivity contribution < 1.29 is 13.9 Å². The van der Waals surface area contributed by atoms with Gasteiger partial charge in [-0.25, -0.2) is 4.39 Å². The number of carbonyl (C=O) groups excluding carboxylic acids is 1. The summed E-state index contributed by atoms with van der Waals surface area (Å²) in [5.41, 5.74) is 6.21. The zero-order valence-corrected chi connectivity index (χ0v) is 8.70. The summed E-state index contributed by atoms with van der Waals surface area (Å²) in [6.07, 6.45) is 1.19. The molecular weight excluding hydrogens is 211 g/mol. The molecule has 1 aromatic carbocycles. The molecular formula is C11H13FN2O2. The van der Waals surface area contributed by atoms with Crippen LogP contribution in [0, 0.1) is 5.82 Å². The van der Waals surface area contributed by atoms with Gasteiger partial charge in [-0.1, -0.05) is 0 Å². The topological polar surface area (TPSA) is 64.3 Å². The fourth-order valence-electron chi connectivity index (χ4n) is 1.65. The summed E-state index contributed by atoms with van der Waals surface area (Å²) >= 11 is 0. The van der Waals surface area contributed by atoms with E-state index in [1.54, 1.807) is 0 Å². The lowest BCUT2D eigenvalue weighted by Crippen LogP contribution is -2.27. The Morgan fingerprint density at radius 2 is 2.38 bits per heavy atom. The Morgan fingerprint density at radius 1 is 1.56 bits per heavy atom. The van der Waals surface area contributed by atoms with Crippen molar-refractivity contribution in [1.82, 2.24) is 0 Å². The third kappa shape index (κ3) is 2.30. The molecule has 4 nitrogen and oxygen atoms in total. The van der Waals surface area contributed by atoms with Gasteiger partial charge in [0.25, 0.3) is 5.91 Å². The fourth-order valence-corrected chi connectivity index (χ4v) is 1.65. The number of hydrogen-bond acceptors (Lipinski definition) is 3. The highest BCUT2D eigenvalue weighted by atomic mass is 19.1. The van der Waals surface area contributed by atoms with Crippen LogP contribution in [0.25, 0.3) is 0 Å². The van der Waals surface area contributed by atoms with Crippen LogP contribution in [0.5, 0.6) is 0 Å². The third-order valence-electron chi connectivity index (χ3n) is 2.49. The molecule has 0 bridgehead atoms. The number of anilines is 2. The quantitative estimate of drug-likeness (QED) is 0.749. The van der Waals surface area contributed by atoms with Gasteiger partial charge in [-0.15, -0.1) is 0 Å². The molecule has 5 heteroatoms. The summed E-state index contributed by atoms with van der Waals surface area (Å²) in [6, 6.07) is 3.87. The standard InChI is InChI=1S/C11H13FN2O2/c12-7-3-4-9(8(13)6-7)14-11(15)10-2-1-5-16-10/h3-4,6,10H,1-2,5,13H2,(H,14,15)/t10-/m1/s1. The fraction of sp³-hybridized carbons (Fsp3) is 0.364. The second kappa shape index (κ2) is 4.49. The van der Waals surface area contributed by atoms with Gasteiger partial charge in [-0.2, -0.15) is 0 Å². The highest BCUT2D eigenvalue weighted by molar-refractivity contribution is 5.96. The Balaban J connectivity index is 2.05. The Morgan fingerprint density at radius 3 is 3.00 bits per heavy atom. The largest absolute Gasteiger partial charge is 0.397 e. The maximum absolute atomic E-state index is 12.8. The number of ether oxygens (including phenoxy) is 1. The van der Waals surface area contributed by atoms with Gasteiger partial charge in [0.2, 0.25) is 0 Å². The second-order valence-electron chi connectivity index (χ2n) is 3.72. The highest BCUT2D eigenvalue weighted by Gasteiger charge is 2.23. The minimum atomic E-state index is -0.424. The summed E-state index contributed by atoms with van der Waals surface area (Å²) < 4.78 is 18.0. The normalized spacial score (nSPS) is 19.7. The van der Waals surface area contributed by atoms with E-state index in [1.165, 1.54) is 18.2 Å². The number of halogens is 1. The van der Waals surface area contributed by atoms with Crippen LogP contribution >= 0.6 is 0 Å². The molecule has 1 fully saturated rings. The van der Waals surface area contributed by atoms with Gasteiger partial charge < -0.3 is 15.8 Å². The molecule has 0 spiro atoms. The molecule has 3 N–H and O–H groups in total. The number of rotatable bonds is 2. The average Bonchev–Trinajstić information content (AvgIpc) is 2.75. The van der Waals surface area contributed by atoms with Crippen LogP contribution in [0.2, 0.25) is 0 Å². The SMILES string of the molecule is Nc1cc(F)ccc1NC(=O)[C@H]1CCCO1. The lowest BCUT2D eigenvalue weighted by Gasteiger charge is -2.11. The molecule has 0 radical (unpaired) electrons. The molecule has 0 aromatic heterocycles. The monoisotopic (exact) mass is 224 g/mol. The van der Waals surface area contributed by atoms with Crippen molar-refractivity contribution in [2.24, 2.45) is 0 Å². The van der Waals surface area contributed by atoms with Crippen molar-refractivity contribution in [2.75, 3.05) is 17.7 Å². The Kier molecular flexibility index (Phi) is 3.05. The van der Waals surface area contributed by atoms with Crippen LogP contribution in [0.3, 0.4) is 0 Å². The number of nitrogens with one attached hydrogen (secondary N) is 1. The Bertz CT molecular complexity index is 403. The van der Waals surface area contributed by atoms with Crippen LogP contribution in [0.1, 0.15) is 12.8 Å². The molecule has 1 saturated heterocycles. The van der Waals surface area contributed by atoms with Crippen LogP contribution in [-0.4, -0.2) is 18.6 Å². The van der Waals surface area contributed by atoms with Gasteiger partial charge in [-0.05, 0) is 31.0 Å². The molecule has 1 aliphatic heterocycles. The van der Waals surface area contributed by atoms with Gasteiger partial charge >= 0.3 is 0 Å². The van der Waals surface area contributed by atoms with E-state index in [-0.39, 0.29) is 11.6 Å². The van der Waals surface area contributed by atoms with Crippen molar-refractivity contribution in [3.63, 3.8) is 0 Å². The van der Waals surface area contributed by atoms with Crippen molar-refractivity contribution >= 4 is 17.3 Å². The van der Waals surface area contributed by atoms with E-state index in [4.69, 9.17) is 10.5 Å². The molecule has 0 aliphatic carbocycles. The molecule has 0 saturated carbocycles. The van der Waals surface area contributed by atoms with E-state index in [0.29, 0.717) is 18.7 Å². The minimum absolute atomic E-state index is 0.214. The van der Waals surface area contributed by atoms with Crippen molar-refractivity contribution in [1.29, 1.82) is 0 Å². The van der Waals surface area contributed by atoms with E-state index in [0.717, 1.165) is 6.42 Å². The van der Waals surface area contributed by atoms with Gasteiger partial charge in [0.1, 0.15) is 11.9 Å². The first-order chi connectivity index (χ1) is 7.66. The number of nitrogens with two attached hydrogens (primary N) is 1. The zero-order chi connectivity index (χ0) is 11.5. The average molecular weight is 224 g/mol. The molecule has 86 valence electrons. The van der Waals surface area contributed by atoms with Crippen molar-refractivity contribution in [2.45, 2.75) is 18.9 Å². The van der Waals surface area contributed by atoms with Crippen LogP contribution in [0.15, 0.2) is 18.2 Å². The van der Waals surface area contributed by atoms with Gasteiger partial charge in [0, 0.05) is 6.61 Å². The smallest absolute Gasteiger partial charge is 0.253 e. The van der Waals surface area contributed by atoms with E-state index in [2.05, 4.69) is 5.32 Å². The number of carbonyl (C=O) groups is 1. The predicted octanol–water partition coefficient (Wildman–Crippen LogP) is 1.53. The summed E-state index contributed by atoms with van der Waals surface area (Å²) in [7, 11) is 0. The molecule has 2 rings (SSSR count). The molecule has 1 heterocycles. The Labute approximate surface area is 92.6 Å². The maximum Gasteiger partial charge on any atom is 0.253 e. The van der Waals surface area contributed by atoms with Crippen molar-refractivity contribution in [3.8, 4) is 0 Å². The molecule has 1 aromatic rings. The number of hydrogen-bond donors (Lipinski definition) is 2. The van der Waals surface area contributed by atoms with Crippen molar-refractivity contribution in [3.05, 3.63) is 24.0 Å². The lowest BCUT2D eigenvalue weighted by atomic mass is 10.2. The summed E-state index contributed by atoms with van der Waals surface area (Å²) in [5, 5.41) is 2.62. The first kappa shape index (κ1) is 10.9. The minimum Gasteiger partial charge on any atom is -0.397 e. The number of nitrogen functional groups attached to an aromatic ring is 1. The van der Waals surface area contributed by atoms with E-state index >= 15 is 0 Å². The molecule has 1 amide bonds. The molecule has 16 heavy (non-hydrogen) atoms. The zero-order valence-electron chi connectivity index (χ0n) is 8.70. The molecule has 0 unspecified atom stereocenters. The molecule has 1 aliphatic rings. The highest BCUT2D eigenvalue weighted by Crippen LogP contribution is 2.21. The van der Waals surface area contributed by atoms with Crippen LogP contribution < -0.4 is 11.1 Å². The number of amides is 1. The van der Waals surface area contributed by atoms with Crippen LogP contribution in [-0.2, 0) is 9.53 Å². The number of benzene rings is 1. The lowest BCUT2D eigenvalue weighted by molar-refractivity contribution is -0.124. The first-order valence-electron chi connectivity index (χ1n) is 5.14. The maximum atomic E-state index is 12.8. The van der Waals surface area contributed by atoms with Gasteiger partial charge in [0.05, 0.1) is 11.4 Å². The van der Waals surface area contributed by atoms with Gasteiger partial charge in [0.15, 0.2) is 0 Å².